The molecule has 21 heavy (non-hydrogen) atoms. The van der Waals surface area contributed by atoms with E-state index in [-0.39, 0.29) is 5.97 Å². The Balaban J connectivity index is 1.90. The molecule has 0 atom stereocenters. The number of ether oxygens (including phenoxy) is 1. The van der Waals surface area contributed by atoms with E-state index < -0.39 is 0 Å². The van der Waals surface area contributed by atoms with Crippen molar-refractivity contribution >= 4 is 17.0 Å². The van der Waals surface area contributed by atoms with Crippen LogP contribution in [0.3, 0.4) is 0 Å². The highest BCUT2D eigenvalue weighted by atomic mass is 16.5. The predicted octanol–water partition coefficient (Wildman–Crippen LogP) is 2.30. The van der Waals surface area contributed by atoms with Gasteiger partial charge in [-0.15, -0.1) is 0 Å². The van der Waals surface area contributed by atoms with E-state index in [1.165, 1.54) is 18.1 Å². The fourth-order valence-corrected chi connectivity index (χ4v) is 2.53. The number of rotatable bonds is 3. The van der Waals surface area contributed by atoms with Gasteiger partial charge in [-0.25, -0.2) is 13.9 Å². The number of carbonyl (C=O) groups is 1. The van der Waals surface area contributed by atoms with Crippen molar-refractivity contribution in [2.45, 2.75) is 6.54 Å². The third-order valence-electron chi connectivity index (χ3n) is 3.61. The van der Waals surface area contributed by atoms with Gasteiger partial charge in [0.25, 0.3) is 0 Å². The summed E-state index contributed by atoms with van der Waals surface area (Å²) in [6.45, 7) is 0.767. The summed E-state index contributed by atoms with van der Waals surface area (Å²) in [6, 6.07) is 15.8. The summed E-state index contributed by atoms with van der Waals surface area (Å²) in [5, 5.41) is 0. The number of aromatic nitrogens is 2. The van der Waals surface area contributed by atoms with Crippen LogP contribution in [0, 0.1) is 0 Å². The fourth-order valence-electron chi connectivity index (χ4n) is 2.53. The molecular weight excluding hydrogens is 264 g/mol. The summed E-state index contributed by atoms with van der Waals surface area (Å²) in [7, 11) is 3.43. The first-order valence-corrected chi connectivity index (χ1v) is 6.80. The van der Waals surface area contributed by atoms with Crippen molar-refractivity contribution in [1.29, 1.82) is 0 Å². The first-order chi connectivity index (χ1) is 10.2. The average molecular weight is 281 g/mol. The van der Waals surface area contributed by atoms with Gasteiger partial charge in [0.2, 0.25) is 6.33 Å². The SMILES string of the molecule is COC(=O)c1ccc(Cn2c[n+](C)c3ccccc32)cc1. The molecule has 0 spiro atoms. The number of esters is 1. The Hall–Kier alpha value is -2.62. The second-order valence-corrected chi connectivity index (χ2v) is 5.03. The first-order valence-electron chi connectivity index (χ1n) is 6.80. The van der Waals surface area contributed by atoms with E-state index in [1.54, 1.807) is 12.1 Å². The minimum atomic E-state index is -0.306. The number of aryl methyl sites for hydroxylation is 1. The Bertz CT molecular complexity index is 788. The molecule has 1 aromatic heterocycles. The van der Waals surface area contributed by atoms with Gasteiger partial charge in [-0.3, -0.25) is 0 Å². The number of methoxy groups -OCH3 is 1. The van der Waals surface area contributed by atoms with Crippen LogP contribution < -0.4 is 4.57 Å². The Morgan fingerprint density at radius 2 is 1.86 bits per heavy atom. The smallest absolute Gasteiger partial charge is 0.337 e. The van der Waals surface area contributed by atoms with Crippen LogP contribution in [-0.4, -0.2) is 17.6 Å². The topological polar surface area (TPSA) is 35.1 Å². The van der Waals surface area contributed by atoms with E-state index in [4.69, 9.17) is 4.74 Å². The fraction of sp³-hybridized carbons (Fsp3) is 0.176. The van der Waals surface area contributed by atoms with Crippen molar-refractivity contribution < 1.29 is 14.1 Å². The van der Waals surface area contributed by atoms with E-state index in [0.717, 1.165) is 12.1 Å². The van der Waals surface area contributed by atoms with Crippen molar-refractivity contribution in [2.75, 3.05) is 7.11 Å². The van der Waals surface area contributed by atoms with Gasteiger partial charge in [-0.05, 0) is 29.8 Å². The zero-order valence-corrected chi connectivity index (χ0v) is 12.1. The molecule has 4 nitrogen and oxygen atoms in total. The number of imidazole rings is 1. The van der Waals surface area contributed by atoms with E-state index in [1.807, 2.05) is 31.3 Å². The Labute approximate surface area is 123 Å². The van der Waals surface area contributed by atoms with Crippen molar-refractivity contribution in [2.24, 2.45) is 7.05 Å². The maximum absolute atomic E-state index is 11.4. The number of benzene rings is 2. The van der Waals surface area contributed by atoms with Gasteiger partial charge in [0.15, 0.2) is 11.0 Å². The molecule has 0 aliphatic rings. The van der Waals surface area contributed by atoms with Crippen LogP contribution in [0.2, 0.25) is 0 Å². The van der Waals surface area contributed by atoms with Crippen molar-refractivity contribution in [1.82, 2.24) is 4.57 Å². The minimum Gasteiger partial charge on any atom is -0.465 e. The molecular formula is C17H17N2O2+. The van der Waals surface area contributed by atoms with E-state index in [9.17, 15) is 4.79 Å². The van der Waals surface area contributed by atoms with Gasteiger partial charge >= 0.3 is 5.97 Å². The molecule has 0 aliphatic carbocycles. The molecule has 1 heterocycles. The van der Waals surface area contributed by atoms with Gasteiger partial charge in [-0.2, -0.15) is 0 Å². The Morgan fingerprint density at radius 1 is 1.14 bits per heavy atom. The van der Waals surface area contributed by atoms with Crippen LogP contribution in [-0.2, 0) is 18.3 Å². The molecule has 2 aromatic carbocycles. The molecule has 0 amide bonds. The van der Waals surface area contributed by atoms with Crippen molar-refractivity contribution in [3.05, 3.63) is 66.0 Å². The normalized spacial score (nSPS) is 10.8. The van der Waals surface area contributed by atoms with Crippen LogP contribution in [0.15, 0.2) is 54.9 Å². The number of fused-ring (bicyclic) bond motifs is 1. The second kappa shape index (κ2) is 5.40. The molecule has 0 radical (unpaired) electrons. The zero-order valence-electron chi connectivity index (χ0n) is 12.1. The van der Waals surface area contributed by atoms with Gasteiger partial charge in [0.1, 0.15) is 6.54 Å². The molecule has 0 saturated heterocycles. The number of nitrogens with zero attached hydrogens (tertiary/aromatic N) is 2. The Kier molecular flexibility index (Phi) is 3.44. The Morgan fingerprint density at radius 3 is 2.57 bits per heavy atom. The summed E-state index contributed by atoms with van der Waals surface area (Å²) < 4.78 is 9.01. The third-order valence-corrected chi connectivity index (χ3v) is 3.61. The van der Waals surface area contributed by atoms with Gasteiger partial charge < -0.3 is 4.74 Å². The quantitative estimate of drug-likeness (QED) is 0.545. The van der Waals surface area contributed by atoms with E-state index in [2.05, 4.69) is 27.6 Å². The van der Waals surface area contributed by atoms with Crippen LogP contribution in [0.25, 0.3) is 11.0 Å². The molecule has 0 aliphatic heterocycles. The molecule has 0 unspecified atom stereocenters. The highest BCUT2D eigenvalue weighted by Gasteiger charge is 2.13. The van der Waals surface area contributed by atoms with Gasteiger partial charge in [-0.1, -0.05) is 24.3 Å². The van der Waals surface area contributed by atoms with Gasteiger partial charge in [0.05, 0.1) is 19.7 Å². The standard InChI is InChI=1S/C17H17N2O2/c1-18-12-19(16-6-4-3-5-15(16)18)11-13-7-9-14(10-8-13)17(20)21-2/h3-10,12H,11H2,1-2H3/q+1. The lowest BCUT2D eigenvalue weighted by atomic mass is 10.1. The first kappa shape index (κ1) is 13.4. The van der Waals surface area contributed by atoms with Gasteiger partial charge in [0, 0.05) is 0 Å². The molecule has 0 bridgehead atoms. The maximum Gasteiger partial charge on any atom is 0.337 e. The van der Waals surface area contributed by atoms with Crippen molar-refractivity contribution in [3.63, 3.8) is 0 Å². The summed E-state index contributed by atoms with van der Waals surface area (Å²) >= 11 is 0. The zero-order chi connectivity index (χ0) is 14.8. The lowest BCUT2D eigenvalue weighted by Gasteiger charge is -2.02. The predicted molar refractivity (Wildman–Crippen MR) is 80.0 cm³/mol. The monoisotopic (exact) mass is 281 g/mol. The largest absolute Gasteiger partial charge is 0.465 e. The summed E-state index contributed by atoms with van der Waals surface area (Å²) in [5.41, 5.74) is 4.11. The minimum absolute atomic E-state index is 0.306. The summed E-state index contributed by atoms with van der Waals surface area (Å²) in [5.74, 6) is -0.306. The third kappa shape index (κ3) is 2.52. The average Bonchev–Trinajstić information content (AvgIpc) is 2.84. The number of hydrogen-bond donors (Lipinski definition) is 0. The number of hydrogen-bond acceptors (Lipinski definition) is 2. The lowest BCUT2D eigenvalue weighted by molar-refractivity contribution is -0.645. The molecule has 0 saturated carbocycles. The summed E-state index contributed by atoms with van der Waals surface area (Å²) in [6.07, 6.45) is 2.08. The van der Waals surface area contributed by atoms with Crippen LogP contribution in [0.4, 0.5) is 0 Å². The van der Waals surface area contributed by atoms with Crippen molar-refractivity contribution in [3.8, 4) is 0 Å². The highest BCUT2D eigenvalue weighted by molar-refractivity contribution is 5.89. The number of para-hydroxylation sites is 2. The van der Waals surface area contributed by atoms with E-state index in [0.29, 0.717) is 5.56 Å². The molecule has 4 heteroatoms. The molecule has 0 N–H and O–H groups in total. The van der Waals surface area contributed by atoms with E-state index >= 15 is 0 Å². The lowest BCUT2D eigenvalue weighted by Crippen LogP contribution is -2.25. The van der Waals surface area contributed by atoms with Crippen LogP contribution in [0.5, 0.6) is 0 Å². The summed E-state index contributed by atoms with van der Waals surface area (Å²) in [4.78, 5) is 11.4. The molecule has 106 valence electrons. The highest BCUT2D eigenvalue weighted by Crippen LogP contribution is 2.13. The number of carbonyl (C=O) groups excluding carboxylic acids is 1. The molecule has 3 rings (SSSR count). The molecule has 3 aromatic rings. The molecule has 0 fully saturated rings. The second-order valence-electron chi connectivity index (χ2n) is 5.03. The van der Waals surface area contributed by atoms with Crippen LogP contribution >= 0.6 is 0 Å². The maximum atomic E-state index is 11.4. The van der Waals surface area contributed by atoms with Crippen LogP contribution in [0.1, 0.15) is 15.9 Å².